The molecule has 12 heteroatoms. The molecule has 3 rings (SSSR count). The fourth-order valence-corrected chi connectivity index (χ4v) is 4.60. The summed E-state index contributed by atoms with van der Waals surface area (Å²) >= 11 is 0. The quantitative estimate of drug-likeness (QED) is 0.401. The SMILES string of the molecule is COc1cc(/C=N/OCC(=O)N2CCN(S(=O)(=O)c3ccccc3)CC2)ccc1OC(F)F. The van der Waals surface area contributed by atoms with Crippen LogP contribution in [0.25, 0.3) is 0 Å². The first-order valence-electron chi connectivity index (χ1n) is 9.92. The van der Waals surface area contributed by atoms with E-state index in [4.69, 9.17) is 9.57 Å². The zero-order valence-electron chi connectivity index (χ0n) is 17.8. The monoisotopic (exact) mass is 483 g/mol. The highest BCUT2D eigenvalue weighted by Crippen LogP contribution is 2.29. The Labute approximate surface area is 190 Å². The molecule has 1 aliphatic rings. The molecular formula is C21H23F2N3O6S. The minimum atomic E-state index is -3.60. The van der Waals surface area contributed by atoms with Gasteiger partial charge in [0.2, 0.25) is 10.0 Å². The smallest absolute Gasteiger partial charge is 0.387 e. The maximum absolute atomic E-state index is 12.7. The van der Waals surface area contributed by atoms with Gasteiger partial charge in [0, 0.05) is 31.7 Å². The van der Waals surface area contributed by atoms with Crippen LogP contribution >= 0.6 is 0 Å². The molecule has 0 spiro atoms. The third-order valence-corrected chi connectivity index (χ3v) is 6.75. The Kier molecular flexibility index (Phi) is 8.17. The normalized spacial score (nSPS) is 15.1. The topological polar surface area (TPSA) is 97.7 Å². The van der Waals surface area contributed by atoms with Crippen LogP contribution in [0.4, 0.5) is 8.78 Å². The number of benzene rings is 2. The van der Waals surface area contributed by atoms with Gasteiger partial charge in [-0.25, -0.2) is 8.42 Å². The summed E-state index contributed by atoms with van der Waals surface area (Å²) < 4.78 is 60.8. The van der Waals surface area contributed by atoms with Crippen LogP contribution in [0.3, 0.4) is 0 Å². The molecule has 178 valence electrons. The zero-order valence-corrected chi connectivity index (χ0v) is 18.6. The Morgan fingerprint density at radius 2 is 1.79 bits per heavy atom. The molecule has 0 bridgehead atoms. The first-order valence-corrected chi connectivity index (χ1v) is 11.4. The Morgan fingerprint density at radius 1 is 1.09 bits per heavy atom. The molecule has 2 aromatic carbocycles. The number of oxime groups is 1. The van der Waals surface area contributed by atoms with Crippen molar-refractivity contribution in [2.45, 2.75) is 11.5 Å². The van der Waals surface area contributed by atoms with Gasteiger partial charge in [0.25, 0.3) is 5.91 Å². The lowest BCUT2D eigenvalue weighted by Gasteiger charge is -2.33. The Balaban J connectivity index is 1.48. The zero-order chi connectivity index (χ0) is 23.8. The van der Waals surface area contributed by atoms with Crippen molar-refractivity contribution in [3.8, 4) is 11.5 Å². The molecule has 33 heavy (non-hydrogen) atoms. The van der Waals surface area contributed by atoms with Gasteiger partial charge in [0.1, 0.15) is 0 Å². The Bertz CT molecular complexity index is 1070. The first-order chi connectivity index (χ1) is 15.8. The minimum absolute atomic E-state index is 0.0960. The van der Waals surface area contributed by atoms with Gasteiger partial charge in [-0.2, -0.15) is 13.1 Å². The molecule has 0 aromatic heterocycles. The van der Waals surface area contributed by atoms with Gasteiger partial charge < -0.3 is 19.2 Å². The van der Waals surface area contributed by atoms with Crippen LogP contribution in [0, 0.1) is 0 Å². The highest BCUT2D eigenvalue weighted by atomic mass is 32.2. The minimum Gasteiger partial charge on any atom is -0.493 e. The van der Waals surface area contributed by atoms with Gasteiger partial charge >= 0.3 is 6.61 Å². The van der Waals surface area contributed by atoms with E-state index in [2.05, 4.69) is 9.89 Å². The van der Waals surface area contributed by atoms with E-state index in [0.29, 0.717) is 5.56 Å². The molecule has 2 aromatic rings. The summed E-state index contributed by atoms with van der Waals surface area (Å²) in [4.78, 5) is 19.1. The number of rotatable bonds is 9. The molecular weight excluding hydrogens is 460 g/mol. The summed E-state index contributed by atoms with van der Waals surface area (Å²) in [7, 11) is -2.28. The van der Waals surface area contributed by atoms with Crippen LogP contribution in [0.1, 0.15) is 5.56 Å². The third kappa shape index (κ3) is 6.39. The van der Waals surface area contributed by atoms with Crippen molar-refractivity contribution < 1.29 is 36.3 Å². The van der Waals surface area contributed by atoms with Crippen molar-refractivity contribution in [2.24, 2.45) is 5.16 Å². The molecule has 1 heterocycles. The number of sulfonamides is 1. The van der Waals surface area contributed by atoms with E-state index in [1.807, 2.05) is 0 Å². The van der Waals surface area contributed by atoms with E-state index in [-0.39, 0.29) is 55.1 Å². The van der Waals surface area contributed by atoms with Crippen LogP contribution in [0.5, 0.6) is 11.5 Å². The van der Waals surface area contributed by atoms with E-state index in [9.17, 15) is 22.0 Å². The van der Waals surface area contributed by atoms with E-state index in [1.54, 1.807) is 18.2 Å². The van der Waals surface area contributed by atoms with Crippen LogP contribution < -0.4 is 9.47 Å². The Morgan fingerprint density at radius 3 is 2.42 bits per heavy atom. The predicted octanol–water partition coefficient (Wildman–Crippen LogP) is 2.18. The molecule has 0 atom stereocenters. The lowest BCUT2D eigenvalue weighted by Crippen LogP contribution is -2.51. The van der Waals surface area contributed by atoms with Crippen molar-refractivity contribution in [3.05, 3.63) is 54.1 Å². The van der Waals surface area contributed by atoms with Crippen molar-refractivity contribution in [1.29, 1.82) is 0 Å². The molecule has 1 saturated heterocycles. The fourth-order valence-electron chi connectivity index (χ4n) is 3.16. The third-order valence-electron chi connectivity index (χ3n) is 4.84. The van der Waals surface area contributed by atoms with Crippen LogP contribution in [0.2, 0.25) is 0 Å². The molecule has 0 radical (unpaired) electrons. The lowest BCUT2D eigenvalue weighted by atomic mass is 10.2. The van der Waals surface area contributed by atoms with Gasteiger partial charge in [0.15, 0.2) is 18.1 Å². The summed E-state index contributed by atoms with van der Waals surface area (Å²) in [5.41, 5.74) is 0.487. The summed E-state index contributed by atoms with van der Waals surface area (Å²) in [6, 6.07) is 12.3. The maximum atomic E-state index is 12.7. The average Bonchev–Trinajstić information content (AvgIpc) is 2.82. The van der Waals surface area contributed by atoms with Gasteiger partial charge in [-0.05, 0) is 30.3 Å². The van der Waals surface area contributed by atoms with Gasteiger partial charge in [0.05, 0.1) is 18.2 Å². The summed E-state index contributed by atoms with van der Waals surface area (Å²) in [6.45, 7) is -2.47. The second-order valence-electron chi connectivity index (χ2n) is 6.89. The molecule has 0 N–H and O–H groups in total. The second-order valence-corrected chi connectivity index (χ2v) is 8.83. The lowest BCUT2D eigenvalue weighted by molar-refractivity contribution is -0.137. The largest absolute Gasteiger partial charge is 0.493 e. The van der Waals surface area contributed by atoms with Crippen LogP contribution in [-0.2, 0) is 19.7 Å². The number of piperazine rings is 1. The number of alkyl halides is 2. The average molecular weight is 483 g/mol. The summed E-state index contributed by atoms with van der Waals surface area (Å²) in [6.07, 6.45) is 1.30. The van der Waals surface area contributed by atoms with E-state index < -0.39 is 16.6 Å². The van der Waals surface area contributed by atoms with Crippen molar-refractivity contribution in [3.63, 3.8) is 0 Å². The number of hydrogen-bond acceptors (Lipinski definition) is 7. The van der Waals surface area contributed by atoms with Gasteiger partial charge in [-0.3, -0.25) is 4.79 Å². The van der Waals surface area contributed by atoms with Crippen LogP contribution in [0.15, 0.2) is 58.6 Å². The number of hydrogen-bond donors (Lipinski definition) is 0. The number of nitrogens with zero attached hydrogens (tertiary/aromatic N) is 3. The number of carbonyl (C=O) groups is 1. The highest BCUT2D eigenvalue weighted by Gasteiger charge is 2.30. The molecule has 1 fully saturated rings. The summed E-state index contributed by atoms with van der Waals surface area (Å²) in [5, 5.41) is 3.71. The van der Waals surface area contributed by atoms with Crippen LogP contribution in [-0.4, -0.2) is 76.3 Å². The molecule has 0 saturated carbocycles. The molecule has 1 amide bonds. The van der Waals surface area contributed by atoms with Crippen molar-refractivity contribution in [2.75, 3.05) is 39.9 Å². The van der Waals surface area contributed by atoms with Gasteiger partial charge in [-0.15, -0.1) is 0 Å². The molecule has 1 aliphatic heterocycles. The number of carbonyl (C=O) groups excluding carboxylic acids is 1. The second kappa shape index (κ2) is 11.1. The molecule has 9 nitrogen and oxygen atoms in total. The number of halogens is 2. The number of ether oxygens (including phenoxy) is 2. The highest BCUT2D eigenvalue weighted by molar-refractivity contribution is 7.89. The predicted molar refractivity (Wildman–Crippen MR) is 115 cm³/mol. The molecule has 0 aliphatic carbocycles. The standard InChI is InChI=1S/C21H23F2N3O6S/c1-30-19-13-16(7-8-18(19)32-21(22)23)14-24-31-15-20(27)25-9-11-26(12-10-25)33(28,29)17-5-3-2-4-6-17/h2-8,13-14,21H,9-12,15H2,1H3/b24-14+. The van der Waals surface area contributed by atoms with E-state index in [0.717, 1.165) is 0 Å². The number of amides is 1. The summed E-state index contributed by atoms with van der Waals surface area (Å²) in [5.74, 6) is -0.352. The Hall–Kier alpha value is -3.25. The first kappa shape index (κ1) is 24.4. The molecule has 0 unspecified atom stereocenters. The van der Waals surface area contributed by atoms with Crippen molar-refractivity contribution >= 4 is 22.1 Å². The maximum Gasteiger partial charge on any atom is 0.387 e. The van der Waals surface area contributed by atoms with Gasteiger partial charge in [-0.1, -0.05) is 23.4 Å². The van der Waals surface area contributed by atoms with Crippen molar-refractivity contribution in [1.82, 2.24) is 9.21 Å². The van der Waals surface area contributed by atoms with E-state index >= 15 is 0 Å². The van der Waals surface area contributed by atoms with E-state index in [1.165, 1.54) is 52.9 Å². The fraction of sp³-hybridized carbons (Fsp3) is 0.333. The number of methoxy groups -OCH3 is 1.